The zero-order valence-electron chi connectivity index (χ0n) is 45.6. The largest absolute Gasteiger partial charge is 0.306 e. The molecule has 0 saturated heterocycles. The van der Waals surface area contributed by atoms with Crippen LogP contribution in [0.25, 0.3) is 0 Å². The molecule has 3 saturated carbocycles. The van der Waals surface area contributed by atoms with Crippen LogP contribution in [0.1, 0.15) is 316 Å². The van der Waals surface area contributed by atoms with Crippen molar-refractivity contribution in [1.82, 2.24) is 9.80 Å². The Morgan fingerprint density at radius 3 is 0.938 bits per heavy atom. The summed E-state index contributed by atoms with van der Waals surface area (Å²) in [5.74, 6) is 7.78. The maximum Gasteiger partial charge on any atom is 0.00891 e. The molecule has 2 nitrogen and oxygen atoms in total. The first-order valence-corrected chi connectivity index (χ1v) is 30.7. The van der Waals surface area contributed by atoms with E-state index in [1.807, 2.05) is 0 Å². The zero-order valence-corrected chi connectivity index (χ0v) is 45.6. The number of hydrogen-bond donors (Lipinski definition) is 0. The van der Waals surface area contributed by atoms with E-state index in [-0.39, 0.29) is 0 Å². The van der Waals surface area contributed by atoms with E-state index in [0.29, 0.717) is 0 Å². The van der Waals surface area contributed by atoms with Crippen LogP contribution in [0.5, 0.6) is 0 Å². The molecule has 64 heavy (non-hydrogen) atoms. The zero-order chi connectivity index (χ0) is 45.9. The fourth-order valence-corrected chi connectivity index (χ4v) is 12.9. The van der Waals surface area contributed by atoms with Crippen molar-refractivity contribution in [3.63, 3.8) is 0 Å². The molecule has 0 aromatic carbocycles. The molecule has 0 heterocycles. The van der Waals surface area contributed by atoms with Gasteiger partial charge < -0.3 is 9.80 Å². The van der Waals surface area contributed by atoms with Crippen molar-refractivity contribution in [1.29, 1.82) is 0 Å². The molecule has 0 amide bonds. The summed E-state index contributed by atoms with van der Waals surface area (Å²) in [5.41, 5.74) is 0. The summed E-state index contributed by atoms with van der Waals surface area (Å²) in [7, 11) is 9.35. The van der Waals surface area contributed by atoms with Gasteiger partial charge in [0, 0.05) is 12.1 Å². The third-order valence-electron chi connectivity index (χ3n) is 17.9. The van der Waals surface area contributed by atoms with Crippen LogP contribution < -0.4 is 0 Å². The van der Waals surface area contributed by atoms with Crippen LogP contribution in [0.4, 0.5) is 0 Å². The van der Waals surface area contributed by atoms with E-state index in [2.05, 4.69) is 58.8 Å². The minimum atomic E-state index is 0.807. The Hall–Kier alpha value is -0.0800. The first kappa shape index (κ1) is 58.2. The Morgan fingerprint density at radius 1 is 0.297 bits per heavy atom. The maximum absolute atomic E-state index is 2.55. The Kier molecular flexibility index (Phi) is 35.2. The van der Waals surface area contributed by atoms with Gasteiger partial charge in [0.1, 0.15) is 0 Å². The minimum Gasteiger partial charge on any atom is -0.306 e. The molecule has 0 aromatic heterocycles. The monoisotopic (exact) mass is 895 g/mol. The molecular weight excluding hydrogens is 773 g/mol. The summed E-state index contributed by atoms with van der Waals surface area (Å²) < 4.78 is 0. The van der Waals surface area contributed by atoms with Gasteiger partial charge in [-0.1, -0.05) is 265 Å². The molecule has 380 valence electrons. The van der Waals surface area contributed by atoms with E-state index < -0.39 is 0 Å². The number of nitrogens with zero attached hydrogens (tertiary/aromatic N) is 2. The normalized spacial score (nSPS) is 23.0. The SMILES string of the molecule is CCCCCCCCC(CCCCCCC(CCCCCCCCCC(CCCCCCCCC[C@H]1C[C@H]1C[C@H]1C[C@H]1CCCCC)N(C)C)[C@H]1C[C@H]1CCCCCCCC)N(C)C. The molecule has 0 aliphatic heterocycles. The summed E-state index contributed by atoms with van der Waals surface area (Å²) >= 11 is 0. The highest BCUT2D eigenvalue weighted by molar-refractivity contribution is 4.95. The predicted molar refractivity (Wildman–Crippen MR) is 289 cm³/mol. The van der Waals surface area contributed by atoms with Crippen molar-refractivity contribution < 1.29 is 0 Å². The quantitative estimate of drug-likeness (QED) is 0.0562. The highest BCUT2D eigenvalue weighted by atomic mass is 15.1. The molecule has 0 bridgehead atoms. The minimum absolute atomic E-state index is 0.807. The van der Waals surface area contributed by atoms with Crippen molar-refractivity contribution in [2.75, 3.05) is 28.2 Å². The second-order valence-corrected chi connectivity index (χ2v) is 24.1. The first-order valence-electron chi connectivity index (χ1n) is 30.7. The highest BCUT2D eigenvalue weighted by Gasteiger charge is 2.44. The fraction of sp³-hybridized carbons (Fsp3) is 1.00. The van der Waals surface area contributed by atoms with Crippen LogP contribution in [-0.2, 0) is 0 Å². The lowest BCUT2D eigenvalue weighted by atomic mass is 9.88. The summed E-state index contributed by atoms with van der Waals surface area (Å²) in [6.07, 6.45) is 68.2. The topological polar surface area (TPSA) is 6.48 Å². The van der Waals surface area contributed by atoms with Crippen LogP contribution in [0, 0.1) is 41.4 Å². The molecule has 3 unspecified atom stereocenters. The summed E-state index contributed by atoms with van der Waals surface area (Å²) in [6.45, 7) is 7.02. The molecule has 3 fully saturated rings. The standard InChI is InChI=1S/C62H122N2/c1-8-11-14-16-24-36-45-57-53-62(57)54(42-34-30-31-40-49-61(64(6)7)46-37-27-17-15-12-9-2)41-33-25-20-18-22-28-38-47-60(63(4)5)48-39-29-23-19-21-26-35-44-56-51-59(56)52-58-50-55(58)43-32-13-10-3/h54-62H,8-53H2,1-7H3/t54?,55-,56+,57-,58-,59+,60?,61?,62-/m1/s1. The van der Waals surface area contributed by atoms with Crippen molar-refractivity contribution in [3.8, 4) is 0 Å². The van der Waals surface area contributed by atoms with Gasteiger partial charge in [-0.05, 0) is 121 Å². The Morgan fingerprint density at radius 2 is 0.578 bits per heavy atom. The first-order chi connectivity index (χ1) is 31.4. The highest BCUT2D eigenvalue weighted by Crippen LogP contribution is 2.55. The van der Waals surface area contributed by atoms with Gasteiger partial charge in [0.15, 0.2) is 0 Å². The molecule has 0 aromatic rings. The van der Waals surface area contributed by atoms with Crippen LogP contribution in [-0.4, -0.2) is 50.1 Å². The molecule has 0 radical (unpaired) electrons. The number of rotatable bonds is 50. The van der Waals surface area contributed by atoms with E-state index in [9.17, 15) is 0 Å². The Bertz CT molecular complexity index is 1000. The Balaban J connectivity index is 1.16. The molecule has 0 N–H and O–H groups in total. The lowest BCUT2D eigenvalue weighted by molar-refractivity contribution is 0.250. The second kappa shape index (κ2) is 38.7. The van der Waals surface area contributed by atoms with E-state index in [1.54, 1.807) is 57.8 Å². The van der Waals surface area contributed by atoms with Crippen molar-refractivity contribution in [3.05, 3.63) is 0 Å². The van der Waals surface area contributed by atoms with Crippen molar-refractivity contribution >= 4 is 0 Å². The molecule has 3 aliphatic rings. The molecule has 3 rings (SSSR count). The van der Waals surface area contributed by atoms with Gasteiger partial charge in [0.05, 0.1) is 0 Å². The van der Waals surface area contributed by atoms with Crippen molar-refractivity contribution in [2.45, 2.75) is 328 Å². The average Bonchev–Trinajstić information content (AvgIpc) is 4.23. The molecule has 2 heteroatoms. The van der Waals surface area contributed by atoms with Gasteiger partial charge in [0.25, 0.3) is 0 Å². The summed E-state index contributed by atoms with van der Waals surface area (Å²) in [6, 6.07) is 1.62. The van der Waals surface area contributed by atoms with Gasteiger partial charge in [-0.2, -0.15) is 0 Å². The van der Waals surface area contributed by atoms with E-state index >= 15 is 0 Å². The second-order valence-electron chi connectivity index (χ2n) is 24.1. The predicted octanol–water partition coefficient (Wildman–Crippen LogP) is 20.2. The van der Waals surface area contributed by atoms with E-state index in [1.165, 1.54) is 238 Å². The van der Waals surface area contributed by atoms with Crippen LogP contribution in [0.3, 0.4) is 0 Å². The van der Waals surface area contributed by atoms with Gasteiger partial charge in [-0.15, -0.1) is 0 Å². The van der Waals surface area contributed by atoms with Gasteiger partial charge in [-0.25, -0.2) is 0 Å². The fourth-order valence-electron chi connectivity index (χ4n) is 12.9. The molecule has 0 spiro atoms. The summed E-state index contributed by atoms with van der Waals surface area (Å²) in [5, 5.41) is 0. The van der Waals surface area contributed by atoms with Crippen LogP contribution >= 0.6 is 0 Å². The van der Waals surface area contributed by atoms with E-state index in [0.717, 1.165) is 53.5 Å². The van der Waals surface area contributed by atoms with Crippen LogP contribution in [0.15, 0.2) is 0 Å². The average molecular weight is 896 g/mol. The smallest absolute Gasteiger partial charge is 0.00891 e. The summed E-state index contributed by atoms with van der Waals surface area (Å²) in [4.78, 5) is 5.08. The lowest BCUT2D eigenvalue weighted by Gasteiger charge is -2.24. The van der Waals surface area contributed by atoms with E-state index in [4.69, 9.17) is 0 Å². The van der Waals surface area contributed by atoms with Gasteiger partial charge >= 0.3 is 0 Å². The lowest BCUT2D eigenvalue weighted by Crippen LogP contribution is -2.27. The molecule has 9 atom stereocenters. The van der Waals surface area contributed by atoms with Crippen LogP contribution in [0.2, 0.25) is 0 Å². The van der Waals surface area contributed by atoms with Gasteiger partial charge in [0.2, 0.25) is 0 Å². The molecule has 3 aliphatic carbocycles. The third kappa shape index (κ3) is 29.7. The Labute approximate surface area is 406 Å². The van der Waals surface area contributed by atoms with Gasteiger partial charge in [-0.3, -0.25) is 0 Å². The molecular formula is C62H122N2. The maximum atomic E-state index is 2.55. The third-order valence-corrected chi connectivity index (χ3v) is 17.9. The number of unbranched alkanes of at least 4 members (excludes halogenated alkanes) is 27. The number of hydrogen-bond acceptors (Lipinski definition) is 2. The van der Waals surface area contributed by atoms with Crippen molar-refractivity contribution in [2.24, 2.45) is 41.4 Å².